The number of benzene rings is 1. The second-order valence-corrected chi connectivity index (χ2v) is 4.07. The maximum atomic E-state index is 11.3. The van der Waals surface area contributed by atoms with E-state index in [-0.39, 0.29) is 5.97 Å². The molecule has 0 radical (unpaired) electrons. The number of esters is 1. The fourth-order valence-corrected chi connectivity index (χ4v) is 1.54. The number of ether oxygens (including phenoxy) is 2. The molecule has 100 valence electrons. The highest BCUT2D eigenvalue weighted by molar-refractivity contribution is 5.72. The van der Waals surface area contributed by atoms with Gasteiger partial charge in [-0.1, -0.05) is 37.3 Å². The van der Waals surface area contributed by atoms with Gasteiger partial charge in [0.25, 0.3) is 5.88 Å². The van der Waals surface area contributed by atoms with E-state index in [9.17, 15) is 4.79 Å². The van der Waals surface area contributed by atoms with E-state index < -0.39 is 0 Å². The van der Waals surface area contributed by atoms with E-state index in [0.29, 0.717) is 24.7 Å². The van der Waals surface area contributed by atoms with Crippen LogP contribution in [-0.4, -0.2) is 15.7 Å². The van der Waals surface area contributed by atoms with Crippen molar-refractivity contribution in [1.29, 1.82) is 0 Å². The third-order valence-electron chi connectivity index (χ3n) is 2.49. The zero-order valence-corrected chi connectivity index (χ0v) is 11.0. The maximum Gasteiger partial charge on any atom is 0.311 e. The second kappa shape index (κ2) is 6.04. The average molecular weight is 260 g/mol. The number of nitrogens with zero attached hydrogens (tertiary/aromatic N) is 2. The molecule has 1 aromatic carbocycles. The monoisotopic (exact) mass is 260 g/mol. The van der Waals surface area contributed by atoms with Gasteiger partial charge in [0.05, 0.1) is 6.20 Å². The SMILES string of the molecule is CCC(=O)Oc1cn(C)nc1OCc1ccccc1. The second-order valence-electron chi connectivity index (χ2n) is 4.07. The summed E-state index contributed by atoms with van der Waals surface area (Å²) in [5.74, 6) is 0.371. The van der Waals surface area contributed by atoms with E-state index in [4.69, 9.17) is 9.47 Å². The van der Waals surface area contributed by atoms with Crippen LogP contribution in [0.5, 0.6) is 11.6 Å². The summed E-state index contributed by atoms with van der Waals surface area (Å²) < 4.78 is 12.3. The van der Waals surface area contributed by atoms with Gasteiger partial charge in [0.1, 0.15) is 6.61 Å². The highest BCUT2D eigenvalue weighted by Gasteiger charge is 2.13. The molecule has 1 aromatic heterocycles. The molecule has 0 atom stereocenters. The van der Waals surface area contributed by atoms with Crippen LogP contribution < -0.4 is 9.47 Å². The van der Waals surface area contributed by atoms with Gasteiger partial charge in [-0.2, -0.15) is 0 Å². The summed E-state index contributed by atoms with van der Waals surface area (Å²) in [7, 11) is 1.75. The summed E-state index contributed by atoms with van der Waals surface area (Å²) in [6.45, 7) is 2.12. The van der Waals surface area contributed by atoms with Crippen molar-refractivity contribution >= 4 is 5.97 Å². The van der Waals surface area contributed by atoms with Gasteiger partial charge < -0.3 is 9.47 Å². The number of hydrogen-bond acceptors (Lipinski definition) is 4. The molecule has 0 unspecified atom stereocenters. The average Bonchev–Trinajstić information content (AvgIpc) is 2.77. The van der Waals surface area contributed by atoms with Crippen LogP contribution in [0.15, 0.2) is 36.5 Å². The van der Waals surface area contributed by atoms with E-state index in [1.54, 1.807) is 24.9 Å². The van der Waals surface area contributed by atoms with Gasteiger partial charge >= 0.3 is 5.97 Å². The van der Waals surface area contributed by atoms with Crippen molar-refractivity contribution in [2.45, 2.75) is 20.0 Å². The zero-order valence-electron chi connectivity index (χ0n) is 11.0. The van der Waals surface area contributed by atoms with Crippen molar-refractivity contribution in [3.8, 4) is 11.6 Å². The molecular formula is C14H16N2O3. The molecule has 0 aliphatic rings. The van der Waals surface area contributed by atoms with Crippen molar-refractivity contribution in [1.82, 2.24) is 9.78 Å². The first-order valence-electron chi connectivity index (χ1n) is 6.10. The molecule has 1 heterocycles. The number of aryl methyl sites for hydroxylation is 1. The molecule has 5 heteroatoms. The van der Waals surface area contributed by atoms with Gasteiger partial charge in [0.2, 0.25) is 5.75 Å². The Morgan fingerprint density at radius 1 is 1.32 bits per heavy atom. The fourth-order valence-electron chi connectivity index (χ4n) is 1.54. The van der Waals surface area contributed by atoms with Crippen molar-refractivity contribution in [3.63, 3.8) is 0 Å². The summed E-state index contributed by atoms with van der Waals surface area (Å²) in [5.41, 5.74) is 1.03. The third-order valence-corrected chi connectivity index (χ3v) is 2.49. The standard InChI is InChI=1S/C14H16N2O3/c1-3-13(17)19-12-9-16(2)15-14(12)18-10-11-7-5-4-6-8-11/h4-9H,3,10H2,1-2H3. The molecule has 0 aliphatic heterocycles. The van der Waals surface area contributed by atoms with Crippen LogP contribution >= 0.6 is 0 Å². The predicted molar refractivity (Wildman–Crippen MR) is 69.9 cm³/mol. The summed E-state index contributed by atoms with van der Waals surface area (Å²) in [4.78, 5) is 11.3. The van der Waals surface area contributed by atoms with Gasteiger partial charge in [-0.25, -0.2) is 0 Å². The van der Waals surface area contributed by atoms with E-state index >= 15 is 0 Å². The Balaban J connectivity index is 2.05. The summed E-state index contributed by atoms with van der Waals surface area (Å²) in [5, 5.41) is 4.13. The highest BCUT2D eigenvalue weighted by atomic mass is 16.6. The molecule has 0 saturated carbocycles. The molecular weight excluding hydrogens is 244 g/mol. The Morgan fingerprint density at radius 2 is 2.05 bits per heavy atom. The first kappa shape index (κ1) is 13.1. The highest BCUT2D eigenvalue weighted by Crippen LogP contribution is 2.25. The normalized spacial score (nSPS) is 10.2. The van der Waals surface area contributed by atoms with Gasteiger partial charge in [-0.05, 0) is 5.56 Å². The lowest BCUT2D eigenvalue weighted by Crippen LogP contribution is -2.06. The van der Waals surface area contributed by atoms with Gasteiger partial charge in [0.15, 0.2) is 0 Å². The lowest BCUT2D eigenvalue weighted by molar-refractivity contribution is -0.134. The minimum absolute atomic E-state index is 0.308. The quantitative estimate of drug-likeness (QED) is 0.774. The van der Waals surface area contributed by atoms with Crippen LogP contribution in [0.3, 0.4) is 0 Å². The van der Waals surface area contributed by atoms with E-state index in [1.165, 1.54) is 0 Å². The molecule has 5 nitrogen and oxygen atoms in total. The van der Waals surface area contributed by atoms with Crippen LogP contribution in [0.4, 0.5) is 0 Å². The minimum atomic E-state index is -0.308. The Hall–Kier alpha value is -2.30. The number of carbonyl (C=O) groups is 1. The zero-order chi connectivity index (χ0) is 13.7. The van der Waals surface area contributed by atoms with Crippen LogP contribution in [-0.2, 0) is 18.4 Å². The summed E-state index contributed by atoms with van der Waals surface area (Å²) in [6, 6.07) is 9.74. The van der Waals surface area contributed by atoms with Gasteiger partial charge in [-0.3, -0.25) is 9.48 Å². The van der Waals surface area contributed by atoms with Crippen molar-refractivity contribution in [3.05, 3.63) is 42.1 Å². The van der Waals surface area contributed by atoms with Crippen LogP contribution in [0, 0.1) is 0 Å². The Kier molecular flexibility index (Phi) is 4.18. The fraction of sp³-hybridized carbons (Fsp3) is 0.286. The number of rotatable bonds is 5. The van der Waals surface area contributed by atoms with Crippen molar-refractivity contribution < 1.29 is 14.3 Å². The smallest absolute Gasteiger partial charge is 0.311 e. The van der Waals surface area contributed by atoms with E-state index in [2.05, 4.69) is 5.10 Å². The number of carbonyl (C=O) groups excluding carboxylic acids is 1. The first-order chi connectivity index (χ1) is 9.19. The van der Waals surface area contributed by atoms with Gasteiger partial charge in [0, 0.05) is 13.5 Å². The van der Waals surface area contributed by atoms with Crippen molar-refractivity contribution in [2.75, 3.05) is 0 Å². The molecule has 2 rings (SSSR count). The molecule has 0 saturated heterocycles. The molecule has 0 amide bonds. The number of aromatic nitrogens is 2. The molecule has 2 aromatic rings. The molecule has 0 fully saturated rings. The van der Waals surface area contributed by atoms with Crippen LogP contribution in [0.1, 0.15) is 18.9 Å². The molecule has 0 N–H and O–H groups in total. The van der Waals surface area contributed by atoms with Gasteiger partial charge in [-0.15, -0.1) is 5.10 Å². The predicted octanol–water partition coefficient (Wildman–Crippen LogP) is 2.31. The van der Waals surface area contributed by atoms with Crippen LogP contribution in [0.25, 0.3) is 0 Å². The Labute approximate surface area is 111 Å². The first-order valence-corrected chi connectivity index (χ1v) is 6.10. The molecule has 0 spiro atoms. The number of hydrogen-bond donors (Lipinski definition) is 0. The van der Waals surface area contributed by atoms with E-state index in [1.807, 2.05) is 30.3 Å². The minimum Gasteiger partial charge on any atom is -0.469 e. The summed E-state index contributed by atoms with van der Waals surface area (Å²) >= 11 is 0. The molecule has 19 heavy (non-hydrogen) atoms. The molecule has 0 aliphatic carbocycles. The lowest BCUT2D eigenvalue weighted by Gasteiger charge is -2.05. The Bertz CT molecular complexity index is 549. The Morgan fingerprint density at radius 3 is 2.74 bits per heavy atom. The van der Waals surface area contributed by atoms with Crippen LogP contribution in [0.2, 0.25) is 0 Å². The summed E-state index contributed by atoms with van der Waals surface area (Å²) in [6.07, 6.45) is 1.93. The van der Waals surface area contributed by atoms with E-state index in [0.717, 1.165) is 5.56 Å². The largest absolute Gasteiger partial charge is 0.469 e. The topological polar surface area (TPSA) is 53.4 Å². The maximum absolute atomic E-state index is 11.3. The third kappa shape index (κ3) is 3.58. The lowest BCUT2D eigenvalue weighted by atomic mass is 10.2. The molecule has 0 bridgehead atoms. The van der Waals surface area contributed by atoms with Crippen molar-refractivity contribution in [2.24, 2.45) is 7.05 Å².